The van der Waals surface area contributed by atoms with Gasteiger partial charge in [0.2, 0.25) is 0 Å². The normalized spacial score (nSPS) is 11.8. The van der Waals surface area contributed by atoms with Gasteiger partial charge in [0.15, 0.2) is 0 Å². The Hall–Kier alpha value is -1.07. The van der Waals surface area contributed by atoms with E-state index in [0.29, 0.717) is 16.2 Å². The van der Waals surface area contributed by atoms with E-state index in [-0.39, 0.29) is 5.41 Å². The fourth-order valence-corrected chi connectivity index (χ4v) is 2.27. The summed E-state index contributed by atoms with van der Waals surface area (Å²) in [7, 11) is 0. The van der Waals surface area contributed by atoms with Crippen molar-refractivity contribution in [2.75, 3.05) is 0 Å². The van der Waals surface area contributed by atoms with Crippen LogP contribution in [0.3, 0.4) is 0 Å². The van der Waals surface area contributed by atoms with Crippen molar-refractivity contribution in [3.63, 3.8) is 0 Å². The SMILES string of the molecule is Cc1coc(Sc2cc(Cl)nc(C(C)(C)C)n2)n1. The van der Waals surface area contributed by atoms with Gasteiger partial charge < -0.3 is 4.42 Å². The van der Waals surface area contributed by atoms with E-state index in [1.165, 1.54) is 11.8 Å². The number of aryl methyl sites for hydroxylation is 1. The van der Waals surface area contributed by atoms with E-state index in [1.807, 2.05) is 27.7 Å². The van der Waals surface area contributed by atoms with Crippen molar-refractivity contribution in [3.05, 3.63) is 29.0 Å². The molecular weight excluding hydrogens is 270 g/mol. The summed E-state index contributed by atoms with van der Waals surface area (Å²) in [6.07, 6.45) is 1.61. The number of halogens is 1. The third kappa shape index (κ3) is 3.23. The van der Waals surface area contributed by atoms with E-state index in [0.717, 1.165) is 10.7 Å². The molecule has 0 amide bonds. The van der Waals surface area contributed by atoms with Crippen LogP contribution in [0.4, 0.5) is 0 Å². The van der Waals surface area contributed by atoms with Crippen molar-refractivity contribution in [2.24, 2.45) is 0 Å². The Kier molecular flexibility index (Phi) is 3.64. The second-order valence-corrected chi connectivity index (χ2v) is 6.32. The Bertz CT molecular complexity index is 563. The number of hydrogen-bond donors (Lipinski definition) is 0. The molecule has 2 rings (SSSR count). The van der Waals surface area contributed by atoms with Crippen LogP contribution in [0.2, 0.25) is 5.15 Å². The molecule has 0 aliphatic heterocycles. The minimum atomic E-state index is -0.146. The summed E-state index contributed by atoms with van der Waals surface area (Å²) in [6, 6.07) is 1.71. The zero-order chi connectivity index (χ0) is 13.3. The van der Waals surface area contributed by atoms with Gasteiger partial charge in [-0.15, -0.1) is 0 Å². The lowest BCUT2D eigenvalue weighted by Gasteiger charge is -2.16. The molecule has 0 N–H and O–H groups in total. The standard InChI is InChI=1S/C12H14ClN3OS/c1-7-6-17-11(14-7)18-9-5-8(13)15-10(16-9)12(2,3)4/h5-6H,1-4H3. The molecule has 0 bridgehead atoms. The van der Waals surface area contributed by atoms with Crippen molar-refractivity contribution in [1.29, 1.82) is 0 Å². The predicted molar refractivity (Wildman–Crippen MR) is 71.1 cm³/mol. The summed E-state index contributed by atoms with van der Waals surface area (Å²) >= 11 is 7.35. The molecule has 0 unspecified atom stereocenters. The Morgan fingerprint density at radius 1 is 1.22 bits per heavy atom. The lowest BCUT2D eigenvalue weighted by molar-refractivity contribution is 0.453. The lowest BCUT2D eigenvalue weighted by atomic mass is 9.96. The van der Waals surface area contributed by atoms with Gasteiger partial charge >= 0.3 is 0 Å². The summed E-state index contributed by atoms with van der Waals surface area (Å²) < 4.78 is 5.28. The van der Waals surface area contributed by atoms with E-state index in [2.05, 4.69) is 15.0 Å². The van der Waals surface area contributed by atoms with Gasteiger partial charge in [-0.05, 0) is 18.7 Å². The van der Waals surface area contributed by atoms with Crippen LogP contribution >= 0.6 is 23.4 Å². The first kappa shape index (κ1) is 13.4. The fraction of sp³-hybridized carbons (Fsp3) is 0.417. The lowest BCUT2D eigenvalue weighted by Crippen LogP contribution is -2.16. The predicted octanol–water partition coefficient (Wildman–Crippen LogP) is 3.88. The molecule has 0 saturated heterocycles. The van der Waals surface area contributed by atoms with Crippen molar-refractivity contribution < 1.29 is 4.42 Å². The molecule has 0 aliphatic carbocycles. The van der Waals surface area contributed by atoms with E-state index < -0.39 is 0 Å². The largest absolute Gasteiger partial charge is 0.439 e. The van der Waals surface area contributed by atoms with Gasteiger partial charge in [-0.3, -0.25) is 0 Å². The van der Waals surface area contributed by atoms with Crippen LogP contribution in [-0.2, 0) is 5.41 Å². The Balaban J connectivity index is 2.31. The van der Waals surface area contributed by atoms with Gasteiger partial charge in [0, 0.05) is 11.5 Å². The van der Waals surface area contributed by atoms with Gasteiger partial charge in [0.1, 0.15) is 22.3 Å². The van der Waals surface area contributed by atoms with Crippen molar-refractivity contribution >= 4 is 23.4 Å². The fourth-order valence-electron chi connectivity index (χ4n) is 1.25. The molecule has 0 saturated carbocycles. The Morgan fingerprint density at radius 2 is 1.94 bits per heavy atom. The van der Waals surface area contributed by atoms with Crippen LogP contribution in [0.15, 0.2) is 27.0 Å². The smallest absolute Gasteiger partial charge is 0.262 e. The Labute approximate surface area is 115 Å². The molecule has 0 aromatic carbocycles. The minimum absolute atomic E-state index is 0.146. The molecule has 0 radical (unpaired) electrons. The summed E-state index contributed by atoms with van der Waals surface area (Å²) in [5, 5.41) is 1.73. The number of hydrogen-bond acceptors (Lipinski definition) is 5. The second-order valence-electron chi connectivity index (χ2n) is 4.96. The number of nitrogens with zero attached hydrogens (tertiary/aromatic N) is 3. The van der Waals surface area contributed by atoms with Crippen LogP contribution in [0.5, 0.6) is 0 Å². The maximum absolute atomic E-state index is 6.01. The van der Waals surface area contributed by atoms with Gasteiger partial charge in [-0.25, -0.2) is 15.0 Å². The molecule has 0 atom stereocenters. The van der Waals surface area contributed by atoms with Gasteiger partial charge in [0.05, 0.1) is 5.69 Å². The molecule has 4 nitrogen and oxygen atoms in total. The van der Waals surface area contributed by atoms with Crippen LogP contribution < -0.4 is 0 Å². The summed E-state index contributed by atoms with van der Waals surface area (Å²) in [4.78, 5) is 12.9. The first-order valence-corrected chi connectivity index (χ1v) is 6.69. The summed E-state index contributed by atoms with van der Waals surface area (Å²) in [5.41, 5.74) is 0.695. The molecule has 96 valence electrons. The van der Waals surface area contributed by atoms with Crippen molar-refractivity contribution in [3.8, 4) is 0 Å². The summed E-state index contributed by atoms with van der Waals surface area (Å²) in [5.74, 6) is 0.709. The third-order valence-corrected chi connectivity index (χ3v) is 3.11. The van der Waals surface area contributed by atoms with Gasteiger partial charge in [-0.1, -0.05) is 32.4 Å². The molecule has 2 aromatic heterocycles. The Morgan fingerprint density at radius 3 is 2.50 bits per heavy atom. The van der Waals surface area contributed by atoms with Crippen LogP contribution in [0.25, 0.3) is 0 Å². The van der Waals surface area contributed by atoms with E-state index in [4.69, 9.17) is 16.0 Å². The zero-order valence-electron chi connectivity index (χ0n) is 10.7. The molecule has 0 spiro atoms. The number of aromatic nitrogens is 3. The van der Waals surface area contributed by atoms with Gasteiger partial charge in [-0.2, -0.15) is 0 Å². The highest BCUT2D eigenvalue weighted by molar-refractivity contribution is 7.99. The monoisotopic (exact) mass is 283 g/mol. The van der Waals surface area contributed by atoms with E-state index in [9.17, 15) is 0 Å². The topological polar surface area (TPSA) is 51.8 Å². The average molecular weight is 284 g/mol. The zero-order valence-corrected chi connectivity index (χ0v) is 12.3. The first-order chi connectivity index (χ1) is 8.34. The average Bonchev–Trinajstić information content (AvgIpc) is 2.61. The van der Waals surface area contributed by atoms with Crippen molar-refractivity contribution in [2.45, 2.75) is 43.4 Å². The van der Waals surface area contributed by atoms with Crippen LogP contribution in [0, 0.1) is 6.92 Å². The molecule has 0 fully saturated rings. The summed E-state index contributed by atoms with van der Waals surface area (Å²) in [6.45, 7) is 8.01. The van der Waals surface area contributed by atoms with E-state index in [1.54, 1.807) is 12.3 Å². The molecule has 18 heavy (non-hydrogen) atoms. The van der Waals surface area contributed by atoms with E-state index >= 15 is 0 Å². The molecule has 2 heterocycles. The van der Waals surface area contributed by atoms with Crippen LogP contribution in [-0.4, -0.2) is 15.0 Å². The first-order valence-electron chi connectivity index (χ1n) is 5.49. The maximum atomic E-state index is 6.01. The molecule has 0 aliphatic rings. The third-order valence-electron chi connectivity index (χ3n) is 2.13. The number of oxazole rings is 1. The highest BCUT2D eigenvalue weighted by Crippen LogP contribution is 2.29. The quantitative estimate of drug-likeness (QED) is 0.783. The second kappa shape index (κ2) is 4.90. The number of rotatable bonds is 2. The van der Waals surface area contributed by atoms with Crippen LogP contribution in [0.1, 0.15) is 32.3 Å². The molecule has 6 heteroatoms. The highest BCUT2D eigenvalue weighted by Gasteiger charge is 2.19. The highest BCUT2D eigenvalue weighted by atomic mass is 35.5. The molecular formula is C12H14ClN3OS. The van der Waals surface area contributed by atoms with Gasteiger partial charge in [0.25, 0.3) is 5.22 Å². The minimum Gasteiger partial charge on any atom is -0.439 e. The molecule has 2 aromatic rings. The van der Waals surface area contributed by atoms with Crippen molar-refractivity contribution in [1.82, 2.24) is 15.0 Å². The maximum Gasteiger partial charge on any atom is 0.262 e.